The Kier molecular flexibility index (Phi) is 4.27. The van der Waals surface area contributed by atoms with Gasteiger partial charge in [-0.25, -0.2) is 0 Å². The van der Waals surface area contributed by atoms with Crippen LogP contribution in [0.4, 0.5) is 0 Å². The maximum Gasteiger partial charge on any atom is 0.262 e. The number of aryl methyl sites for hydroxylation is 1. The largest absolute Gasteiger partial charge is 0.493 e. The summed E-state index contributed by atoms with van der Waals surface area (Å²) >= 11 is 1.47. The van der Waals surface area contributed by atoms with Crippen LogP contribution in [0.5, 0.6) is 5.88 Å². The van der Waals surface area contributed by atoms with Gasteiger partial charge >= 0.3 is 0 Å². The Bertz CT molecular complexity index is 638. The van der Waals surface area contributed by atoms with E-state index in [9.17, 15) is 9.90 Å². The summed E-state index contributed by atoms with van der Waals surface area (Å²) in [6.07, 6.45) is 0.976. The highest BCUT2D eigenvalue weighted by atomic mass is 32.2. The quantitative estimate of drug-likeness (QED) is 0.689. The fourth-order valence-corrected chi connectivity index (χ4v) is 2.64. The van der Waals surface area contributed by atoms with Crippen LogP contribution in [0.3, 0.4) is 0 Å². The third kappa shape index (κ3) is 2.98. The molecule has 1 aromatic carbocycles. The maximum atomic E-state index is 12.1. The first-order chi connectivity index (χ1) is 9.13. The summed E-state index contributed by atoms with van der Waals surface area (Å²) in [5, 5.41) is 10.0. The Labute approximate surface area is 116 Å². The van der Waals surface area contributed by atoms with Crippen LogP contribution in [0.15, 0.2) is 40.3 Å². The van der Waals surface area contributed by atoms with Gasteiger partial charge in [-0.3, -0.25) is 9.36 Å². The van der Waals surface area contributed by atoms with Crippen LogP contribution < -0.4 is 5.56 Å². The van der Waals surface area contributed by atoms with Crippen molar-refractivity contribution in [1.82, 2.24) is 9.55 Å². The Balaban J connectivity index is 2.61. The zero-order valence-electron chi connectivity index (χ0n) is 11.0. The number of para-hydroxylation sites is 1. The van der Waals surface area contributed by atoms with Gasteiger partial charge in [0.15, 0.2) is 5.16 Å². The molecule has 0 unspecified atom stereocenters. The van der Waals surface area contributed by atoms with Crippen molar-refractivity contribution in [3.05, 3.63) is 46.2 Å². The maximum absolute atomic E-state index is 12.1. The predicted octanol–water partition coefficient (Wildman–Crippen LogP) is 2.75. The smallest absolute Gasteiger partial charge is 0.262 e. The number of benzene rings is 1. The van der Waals surface area contributed by atoms with E-state index in [2.05, 4.69) is 11.9 Å². The van der Waals surface area contributed by atoms with E-state index >= 15 is 0 Å². The summed E-state index contributed by atoms with van der Waals surface area (Å²) in [7, 11) is 0. The summed E-state index contributed by atoms with van der Waals surface area (Å²) in [6.45, 7) is 4.01. The van der Waals surface area contributed by atoms with Gasteiger partial charge in [-0.1, -0.05) is 36.9 Å². The third-order valence-corrected chi connectivity index (χ3v) is 3.81. The lowest BCUT2D eigenvalue weighted by Crippen LogP contribution is -2.21. The Morgan fingerprint density at radius 3 is 2.79 bits per heavy atom. The monoisotopic (exact) mass is 276 g/mol. The molecule has 4 nitrogen and oxygen atoms in total. The number of nitrogens with zero attached hydrogens (tertiary/aromatic N) is 2. The molecule has 2 rings (SSSR count). The summed E-state index contributed by atoms with van der Waals surface area (Å²) in [5.41, 5.74) is 1.54. The minimum absolute atomic E-state index is 0.228. The van der Waals surface area contributed by atoms with E-state index < -0.39 is 0 Å². The molecular formula is C14H16N2O2S. The van der Waals surface area contributed by atoms with Crippen molar-refractivity contribution >= 4 is 11.8 Å². The van der Waals surface area contributed by atoms with Crippen LogP contribution in [0.1, 0.15) is 18.9 Å². The minimum atomic E-state index is -0.264. The first kappa shape index (κ1) is 13.7. The molecule has 2 aromatic rings. The molecule has 0 aliphatic rings. The SMILES string of the molecule is CCCSc1nc(O)cc(=O)n1-c1ccccc1C. The molecule has 1 N–H and O–H groups in total. The topological polar surface area (TPSA) is 55.1 Å². The molecule has 0 saturated heterocycles. The van der Waals surface area contributed by atoms with Crippen molar-refractivity contribution in [2.75, 3.05) is 5.75 Å². The van der Waals surface area contributed by atoms with Gasteiger partial charge in [-0.2, -0.15) is 4.98 Å². The number of aromatic hydroxyl groups is 1. The molecule has 100 valence electrons. The normalized spacial score (nSPS) is 10.6. The fraction of sp³-hybridized carbons (Fsp3) is 0.286. The lowest BCUT2D eigenvalue weighted by Gasteiger charge is -2.13. The van der Waals surface area contributed by atoms with Crippen LogP contribution in [-0.2, 0) is 0 Å². The van der Waals surface area contributed by atoms with E-state index in [-0.39, 0.29) is 11.4 Å². The van der Waals surface area contributed by atoms with Crippen LogP contribution in [0.2, 0.25) is 0 Å². The van der Waals surface area contributed by atoms with Crippen molar-refractivity contribution in [3.63, 3.8) is 0 Å². The molecule has 0 saturated carbocycles. The van der Waals surface area contributed by atoms with Gasteiger partial charge in [0.05, 0.1) is 11.8 Å². The second-order valence-electron chi connectivity index (χ2n) is 4.21. The third-order valence-electron chi connectivity index (χ3n) is 2.67. The molecule has 0 atom stereocenters. The van der Waals surface area contributed by atoms with Crippen molar-refractivity contribution in [3.8, 4) is 11.6 Å². The van der Waals surface area contributed by atoms with E-state index in [0.29, 0.717) is 5.16 Å². The first-order valence-electron chi connectivity index (χ1n) is 6.15. The Morgan fingerprint density at radius 2 is 2.11 bits per heavy atom. The number of hydrogen-bond donors (Lipinski definition) is 1. The van der Waals surface area contributed by atoms with E-state index in [0.717, 1.165) is 29.5 Å². The van der Waals surface area contributed by atoms with Crippen molar-refractivity contribution in [2.45, 2.75) is 25.4 Å². The molecule has 5 heteroatoms. The minimum Gasteiger partial charge on any atom is -0.493 e. The number of thioether (sulfide) groups is 1. The van der Waals surface area contributed by atoms with Crippen LogP contribution in [0.25, 0.3) is 5.69 Å². The zero-order valence-corrected chi connectivity index (χ0v) is 11.8. The second kappa shape index (κ2) is 5.93. The predicted molar refractivity (Wildman–Crippen MR) is 77.3 cm³/mol. The summed E-state index contributed by atoms with van der Waals surface area (Å²) in [5.74, 6) is 0.621. The molecule has 1 aromatic heterocycles. The van der Waals surface area contributed by atoms with E-state index in [1.54, 1.807) is 4.57 Å². The highest BCUT2D eigenvalue weighted by Gasteiger charge is 2.12. The molecule has 0 aliphatic carbocycles. The van der Waals surface area contributed by atoms with Crippen molar-refractivity contribution < 1.29 is 5.11 Å². The first-order valence-corrected chi connectivity index (χ1v) is 7.14. The number of hydrogen-bond acceptors (Lipinski definition) is 4. The average Bonchev–Trinajstić information content (AvgIpc) is 2.37. The van der Waals surface area contributed by atoms with Gasteiger partial charge < -0.3 is 5.11 Å². The highest BCUT2D eigenvalue weighted by Crippen LogP contribution is 2.22. The molecule has 19 heavy (non-hydrogen) atoms. The lowest BCUT2D eigenvalue weighted by atomic mass is 10.2. The molecule has 0 fully saturated rings. The van der Waals surface area contributed by atoms with Gasteiger partial charge in [0.1, 0.15) is 0 Å². The number of rotatable bonds is 4. The van der Waals surface area contributed by atoms with E-state index in [4.69, 9.17) is 0 Å². The van der Waals surface area contributed by atoms with E-state index in [1.807, 2.05) is 31.2 Å². The second-order valence-corrected chi connectivity index (χ2v) is 5.27. The molecule has 0 aliphatic heterocycles. The van der Waals surface area contributed by atoms with Gasteiger partial charge in [0.2, 0.25) is 5.88 Å². The van der Waals surface area contributed by atoms with Gasteiger partial charge in [-0.05, 0) is 25.0 Å². The standard InChI is InChI=1S/C14H16N2O2S/c1-3-8-19-14-15-12(17)9-13(18)16(14)11-7-5-4-6-10(11)2/h4-7,9,17H,3,8H2,1-2H3. The Morgan fingerprint density at radius 1 is 1.37 bits per heavy atom. The van der Waals surface area contributed by atoms with E-state index in [1.165, 1.54) is 11.8 Å². The summed E-state index contributed by atoms with van der Waals surface area (Å²) < 4.78 is 1.55. The molecule has 0 bridgehead atoms. The average molecular weight is 276 g/mol. The Hall–Kier alpha value is -1.75. The van der Waals surface area contributed by atoms with Crippen LogP contribution >= 0.6 is 11.8 Å². The highest BCUT2D eigenvalue weighted by molar-refractivity contribution is 7.99. The van der Waals surface area contributed by atoms with Crippen molar-refractivity contribution in [2.24, 2.45) is 0 Å². The molecule has 0 amide bonds. The summed E-state index contributed by atoms with van der Waals surface area (Å²) in [6, 6.07) is 8.78. The lowest BCUT2D eigenvalue weighted by molar-refractivity contribution is 0.440. The van der Waals surface area contributed by atoms with Crippen LogP contribution in [0, 0.1) is 6.92 Å². The zero-order chi connectivity index (χ0) is 13.8. The van der Waals surface area contributed by atoms with Gasteiger partial charge in [-0.15, -0.1) is 0 Å². The van der Waals surface area contributed by atoms with Crippen molar-refractivity contribution in [1.29, 1.82) is 0 Å². The van der Waals surface area contributed by atoms with Gasteiger partial charge in [0.25, 0.3) is 5.56 Å². The van der Waals surface area contributed by atoms with Gasteiger partial charge in [0, 0.05) is 5.75 Å². The molecule has 0 spiro atoms. The number of aromatic nitrogens is 2. The summed E-state index contributed by atoms with van der Waals surface area (Å²) in [4.78, 5) is 16.2. The van der Waals surface area contributed by atoms with Crippen LogP contribution in [-0.4, -0.2) is 20.4 Å². The molecule has 0 radical (unpaired) electrons. The fourth-order valence-electron chi connectivity index (χ4n) is 1.78. The molecular weight excluding hydrogens is 260 g/mol. The molecule has 1 heterocycles.